The van der Waals surface area contributed by atoms with Gasteiger partial charge in [0.15, 0.2) is 5.88 Å². The Balaban J connectivity index is 1.95. The van der Waals surface area contributed by atoms with Crippen LogP contribution in [0.2, 0.25) is 0 Å². The molecule has 1 aliphatic rings. The number of H-pyrrole nitrogens is 1. The van der Waals surface area contributed by atoms with E-state index in [1.807, 2.05) is 0 Å². The zero-order chi connectivity index (χ0) is 18.6. The van der Waals surface area contributed by atoms with Crippen molar-refractivity contribution in [2.45, 2.75) is 4.90 Å². The second kappa shape index (κ2) is 5.52. The Hall–Kier alpha value is -2.97. The number of nitrogens with one attached hydrogen (secondary N) is 1. The Bertz CT molecular complexity index is 1210. The molecule has 132 valence electrons. The zero-order valence-electron chi connectivity index (χ0n) is 14.0. The molecule has 7 nitrogen and oxygen atoms in total. The molecule has 0 saturated heterocycles. The van der Waals surface area contributed by atoms with E-state index < -0.39 is 10.0 Å². The lowest BCUT2D eigenvalue weighted by molar-refractivity contribution is 0.107. The normalized spacial score (nSPS) is 14.1. The maximum absolute atomic E-state index is 12.7. The van der Waals surface area contributed by atoms with Crippen LogP contribution < -0.4 is 0 Å². The number of Topliss-reactive ketones (excluding diaryl/α,β-unsaturated/α-hetero) is 1. The number of ketones is 1. The topological polar surface area (TPSA) is 103 Å². The lowest BCUT2D eigenvalue weighted by atomic mass is 10.0. The number of hydrogen-bond acceptors (Lipinski definition) is 5. The lowest BCUT2D eigenvalue weighted by Crippen LogP contribution is -2.22. The lowest BCUT2D eigenvalue weighted by Gasteiger charge is -2.11. The number of aromatic amines is 1. The summed E-state index contributed by atoms with van der Waals surface area (Å²) >= 11 is 0. The predicted octanol–water partition coefficient (Wildman–Crippen LogP) is 2.44. The number of aromatic hydroxyl groups is 1. The van der Waals surface area contributed by atoms with E-state index in [1.54, 1.807) is 30.3 Å². The fourth-order valence-corrected chi connectivity index (χ4v) is 3.93. The van der Waals surface area contributed by atoms with Crippen LogP contribution in [0, 0.1) is 0 Å². The fraction of sp³-hybridized carbons (Fsp3) is 0.111. The number of carbonyl (C=O) groups is 1. The highest BCUT2D eigenvalue weighted by Gasteiger charge is 2.30. The molecule has 0 unspecified atom stereocenters. The third-order valence-electron chi connectivity index (χ3n) is 4.36. The number of para-hydroxylation sites is 1. The first-order valence-corrected chi connectivity index (χ1v) is 9.24. The third-order valence-corrected chi connectivity index (χ3v) is 6.17. The van der Waals surface area contributed by atoms with Gasteiger partial charge in [-0.3, -0.25) is 4.79 Å². The highest BCUT2D eigenvalue weighted by atomic mass is 32.2. The van der Waals surface area contributed by atoms with Gasteiger partial charge in [0.25, 0.3) is 0 Å². The van der Waals surface area contributed by atoms with Crippen molar-refractivity contribution < 1.29 is 18.3 Å². The van der Waals surface area contributed by atoms with E-state index >= 15 is 0 Å². The quantitative estimate of drug-likeness (QED) is 0.740. The smallest absolute Gasteiger partial charge is 0.242 e. The third kappa shape index (κ3) is 2.27. The summed E-state index contributed by atoms with van der Waals surface area (Å²) in [7, 11) is -0.772. The molecule has 0 saturated carbocycles. The minimum absolute atomic E-state index is 0.0683. The maximum atomic E-state index is 12.7. The van der Waals surface area contributed by atoms with Crippen molar-refractivity contribution in [1.82, 2.24) is 9.29 Å². The van der Waals surface area contributed by atoms with Crippen LogP contribution in [0.5, 0.6) is 5.88 Å². The highest BCUT2D eigenvalue weighted by molar-refractivity contribution is 7.89. The van der Waals surface area contributed by atoms with Crippen molar-refractivity contribution in [2.75, 3.05) is 14.1 Å². The van der Waals surface area contributed by atoms with Gasteiger partial charge in [0.05, 0.1) is 16.1 Å². The summed E-state index contributed by atoms with van der Waals surface area (Å²) in [5, 5.41) is 10.8. The van der Waals surface area contributed by atoms with E-state index in [-0.39, 0.29) is 27.8 Å². The van der Waals surface area contributed by atoms with Crippen LogP contribution in [0.3, 0.4) is 0 Å². The van der Waals surface area contributed by atoms with Crippen LogP contribution >= 0.6 is 0 Å². The second-order valence-electron chi connectivity index (χ2n) is 6.15. The first-order valence-electron chi connectivity index (χ1n) is 7.80. The molecule has 26 heavy (non-hydrogen) atoms. The highest BCUT2D eigenvalue weighted by Crippen LogP contribution is 2.36. The van der Waals surface area contributed by atoms with E-state index in [9.17, 15) is 18.3 Å². The fourth-order valence-electron chi connectivity index (χ4n) is 3.00. The van der Waals surface area contributed by atoms with Crippen molar-refractivity contribution in [1.29, 1.82) is 0 Å². The molecule has 2 aromatic carbocycles. The minimum atomic E-state index is -3.65. The van der Waals surface area contributed by atoms with Crippen LogP contribution in [0.15, 0.2) is 52.4 Å². The number of hydrogen-bond donors (Lipinski definition) is 2. The summed E-state index contributed by atoms with van der Waals surface area (Å²) < 4.78 is 25.9. The molecular formula is C18H15N3O4S. The first-order chi connectivity index (χ1) is 12.3. The number of rotatable bonds is 3. The second-order valence-corrected chi connectivity index (χ2v) is 8.30. The van der Waals surface area contributed by atoms with Gasteiger partial charge >= 0.3 is 0 Å². The average molecular weight is 369 g/mol. The average Bonchev–Trinajstić information content (AvgIpc) is 3.10. The standard InChI is InChI=1S/C18H15N3O4S/c1-21(2)26(24,25)10-7-8-14-12(9-10)15(18(23)20-14)16-17(22)11-5-3-4-6-13(11)19-16/h3-9,20,23H,1-2H3. The minimum Gasteiger partial charge on any atom is -0.494 e. The maximum Gasteiger partial charge on any atom is 0.242 e. The van der Waals surface area contributed by atoms with Gasteiger partial charge in [0, 0.05) is 30.6 Å². The van der Waals surface area contributed by atoms with Gasteiger partial charge in [-0.2, -0.15) is 0 Å². The number of nitrogens with zero attached hydrogens (tertiary/aromatic N) is 2. The molecule has 1 aliphatic heterocycles. The Labute approximate surface area is 149 Å². The van der Waals surface area contributed by atoms with Crippen LogP contribution in [0.1, 0.15) is 15.9 Å². The Morgan fingerprint density at radius 2 is 1.85 bits per heavy atom. The summed E-state index contributed by atoms with van der Waals surface area (Å²) in [6, 6.07) is 11.3. The van der Waals surface area contributed by atoms with Crippen molar-refractivity contribution >= 4 is 38.1 Å². The van der Waals surface area contributed by atoms with Crippen LogP contribution in [0.25, 0.3) is 10.9 Å². The number of fused-ring (bicyclic) bond motifs is 2. The van der Waals surface area contributed by atoms with Gasteiger partial charge in [0.2, 0.25) is 15.8 Å². The van der Waals surface area contributed by atoms with Gasteiger partial charge < -0.3 is 10.1 Å². The van der Waals surface area contributed by atoms with Crippen LogP contribution in [0.4, 0.5) is 5.69 Å². The monoisotopic (exact) mass is 369 g/mol. The summed E-state index contributed by atoms with van der Waals surface area (Å²) in [5.74, 6) is -0.531. The molecule has 0 fully saturated rings. The molecule has 0 radical (unpaired) electrons. The number of carbonyl (C=O) groups excluding carboxylic acids is 1. The molecule has 0 bridgehead atoms. The van der Waals surface area contributed by atoms with Gasteiger partial charge in [0.1, 0.15) is 5.71 Å². The Morgan fingerprint density at radius 3 is 2.54 bits per heavy atom. The van der Waals surface area contributed by atoms with Crippen molar-refractivity contribution in [3.8, 4) is 5.88 Å². The van der Waals surface area contributed by atoms with E-state index in [2.05, 4.69) is 9.98 Å². The molecule has 0 amide bonds. The van der Waals surface area contributed by atoms with Crippen molar-refractivity contribution in [3.05, 3.63) is 53.6 Å². The number of benzene rings is 2. The van der Waals surface area contributed by atoms with E-state index in [1.165, 1.54) is 26.2 Å². The van der Waals surface area contributed by atoms with Gasteiger partial charge in [-0.25, -0.2) is 17.7 Å². The van der Waals surface area contributed by atoms with E-state index in [0.29, 0.717) is 22.2 Å². The molecular weight excluding hydrogens is 354 g/mol. The zero-order valence-corrected chi connectivity index (χ0v) is 14.8. The molecule has 2 heterocycles. The van der Waals surface area contributed by atoms with E-state index in [4.69, 9.17) is 0 Å². The predicted molar refractivity (Wildman–Crippen MR) is 97.8 cm³/mol. The molecule has 4 rings (SSSR count). The van der Waals surface area contributed by atoms with Crippen molar-refractivity contribution in [2.24, 2.45) is 4.99 Å². The number of aromatic nitrogens is 1. The molecule has 8 heteroatoms. The van der Waals surface area contributed by atoms with Gasteiger partial charge in [-0.1, -0.05) is 12.1 Å². The first kappa shape index (κ1) is 16.5. The van der Waals surface area contributed by atoms with Gasteiger partial charge in [-0.05, 0) is 30.3 Å². The summed E-state index contributed by atoms with van der Waals surface area (Å²) in [5.41, 5.74) is 1.79. The molecule has 0 spiro atoms. The molecule has 1 aromatic heterocycles. The Morgan fingerprint density at radius 1 is 1.12 bits per heavy atom. The Kier molecular flexibility index (Phi) is 3.50. The van der Waals surface area contributed by atoms with Crippen LogP contribution in [-0.4, -0.2) is 48.4 Å². The largest absolute Gasteiger partial charge is 0.494 e. The molecule has 0 atom stereocenters. The summed E-state index contributed by atoms with van der Waals surface area (Å²) in [6.07, 6.45) is 0. The van der Waals surface area contributed by atoms with Gasteiger partial charge in [-0.15, -0.1) is 0 Å². The molecule has 0 aliphatic carbocycles. The van der Waals surface area contributed by atoms with Crippen LogP contribution in [-0.2, 0) is 10.0 Å². The molecule has 3 aromatic rings. The SMILES string of the molecule is CN(C)S(=O)(=O)c1ccc2[nH]c(O)c(C3=Nc4ccccc4C3=O)c2c1. The summed E-state index contributed by atoms with van der Waals surface area (Å²) in [4.78, 5) is 19.9. The number of sulfonamides is 1. The number of aliphatic imine (C=N–C) groups is 1. The van der Waals surface area contributed by atoms with E-state index in [0.717, 1.165) is 4.31 Å². The van der Waals surface area contributed by atoms with Crippen molar-refractivity contribution in [3.63, 3.8) is 0 Å². The molecule has 2 N–H and O–H groups in total. The summed E-state index contributed by atoms with van der Waals surface area (Å²) in [6.45, 7) is 0.